The van der Waals surface area contributed by atoms with E-state index in [-0.39, 0.29) is 12.5 Å². The largest absolute Gasteiger partial charge is 0.394 e. The van der Waals surface area contributed by atoms with Crippen LogP contribution in [-0.4, -0.2) is 87.5 Å². The SMILES string of the molecule is CC/C=C\C/C=C\C/C=C\C/C=C\C/C=C\C/C=C\C/C=C\CCCCCCCCCCCCCC(=O)NC(COC1OC(CO)C(O)C(O)C1O)C(O)CCCCCCCCCCC. The van der Waals surface area contributed by atoms with E-state index in [2.05, 4.69) is 104 Å². The number of carbonyl (C=O) groups is 1. The van der Waals surface area contributed by atoms with Crippen LogP contribution in [0, 0.1) is 0 Å². The summed E-state index contributed by atoms with van der Waals surface area (Å²) in [5.74, 6) is -0.154. The third-order valence-electron chi connectivity index (χ3n) is 12.0. The summed E-state index contributed by atoms with van der Waals surface area (Å²) in [6, 6.07) is -0.723. The molecule has 1 aliphatic rings. The van der Waals surface area contributed by atoms with Crippen molar-refractivity contribution in [3.63, 3.8) is 0 Å². The molecule has 9 nitrogen and oxygen atoms in total. The molecule has 9 heteroatoms. The fourth-order valence-corrected chi connectivity index (χ4v) is 7.85. The number of hydrogen-bond acceptors (Lipinski definition) is 8. The lowest BCUT2D eigenvalue weighted by molar-refractivity contribution is -0.302. The molecular weight excluding hydrogens is 815 g/mol. The zero-order chi connectivity index (χ0) is 47.3. The van der Waals surface area contributed by atoms with Crippen molar-refractivity contribution in [3.8, 4) is 0 Å². The number of ether oxygens (including phenoxy) is 2. The monoisotopic (exact) mass is 912 g/mol. The second-order valence-electron chi connectivity index (χ2n) is 17.9. The molecule has 1 amide bonds. The Morgan fingerprint density at radius 1 is 0.538 bits per heavy atom. The first-order valence-corrected chi connectivity index (χ1v) is 26.3. The van der Waals surface area contributed by atoms with Crippen LogP contribution in [-0.2, 0) is 14.3 Å². The Kier molecular flexibility index (Phi) is 42.0. The minimum absolute atomic E-state index is 0.143. The first kappa shape index (κ1) is 60.4. The third-order valence-corrected chi connectivity index (χ3v) is 12.0. The Morgan fingerprint density at radius 3 is 1.42 bits per heavy atom. The molecule has 7 atom stereocenters. The van der Waals surface area contributed by atoms with Gasteiger partial charge in [0.05, 0.1) is 25.4 Å². The van der Waals surface area contributed by atoms with Gasteiger partial charge in [-0.3, -0.25) is 4.79 Å². The van der Waals surface area contributed by atoms with Gasteiger partial charge in [0, 0.05) is 6.42 Å². The van der Waals surface area contributed by atoms with E-state index in [9.17, 15) is 30.3 Å². The molecule has 0 aliphatic carbocycles. The molecule has 0 aromatic heterocycles. The van der Waals surface area contributed by atoms with Gasteiger partial charge in [0.25, 0.3) is 0 Å². The maximum absolute atomic E-state index is 13.0. The minimum Gasteiger partial charge on any atom is -0.394 e. The fraction of sp³-hybridized carbons (Fsp3) is 0.732. The van der Waals surface area contributed by atoms with E-state index >= 15 is 0 Å². The van der Waals surface area contributed by atoms with Crippen LogP contribution in [0.4, 0.5) is 0 Å². The molecule has 0 aromatic carbocycles. The first-order valence-electron chi connectivity index (χ1n) is 26.3. The molecule has 7 unspecified atom stereocenters. The van der Waals surface area contributed by atoms with Crippen molar-refractivity contribution in [1.29, 1.82) is 0 Å². The van der Waals surface area contributed by atoms with Gasteiger partial charge in [0.15, 0.2) is 6.29 Å². The highest BCUT2D eigenvalue weighted by Crippen LogP contribution is 2.23. The number of allylic oxidation sites excluding steroid dienone is 14. The lowest BCUT2D eigenvalue weighted by Gasteiger charge is -2.40. The highest BCUT2D eigenvalue weighted by Gasteiger charge is 2.44. The Labute approximate surface area is 397 Å². The molecular formula is C56H97NO8. The van der Waals surface area contributed by atoms with Crippen LogP contribution in [0.25, 0.3) is 0 Å². The lowest BCUT2D eigenvalue weighted by Crippen LogP contribution is -2.60. The van der Waals surface area contributed by atoms with E-state index in [4.69, 9.17) is 9.47 Å². The molecule has 6 N–H and O–H groups in total. The predicted octanol–water partition coefficient (Wildman–Crippen LogP) is 12.3. The van der Waals surface area contributed by atoms with Gasteiger partial charge in [0.1, 0.15) is 24.4 Å². The summed E-state index contributed by atoms with van der Waals surface area (Å²) in [6.45, 7) is 3.68. The van der Waals surface area contributed by atoms with Gasteiger partial charge in [-0.1, -0.05) is 214 Å². The molecule has 0 saturated carbocycles. The smallest absolute Gasteiger partial charge is 0.220 e. The van der Waals surface area contributed by atoms with Gasteiger partial charge in [-0.15, -0.1) is 0 Å². The van der Waals surface area contributed by atoms with Crippen molar-refractivity contribution >= 4 is 5.91 Å². The summed E-state index contributed by atoms with van der Waals surface area (Å²) in [7, 11) is 0. The van der Waals surface area contributed by atoms with Gasteiger partial charge in [0.2, 0.25) is 5.91 Å². The van der Waals surface area contributed by atoms with E-state index in [0.29, 0.717) is 12.8 Å². The summed E-state index contributed by atoms with van der Waals surface area (Å²) in [5, 5.41) is 54.3. The number of rotatable bonds is 43. The molecule has 65 heavy (non-hydrogen) atoms. The molecule has 1 fully saturated rings. The van der Waals surface area contributed by atoms with E-state index < -0.39 is 49.5 Å². The molecule has 0 spiro atoms. The number of hydrogen-bond donors (Lipinski definition) is 6. The number of unbranched alkanes of at least 4 members (excludes halogenated alkanes) is 19. The zero-order valence-electron chi connectivity index (χ0n) is 41.2. The van der Waals surface area contributed by atoms with Crippen LogP contribution in [0.15, 0.2) is 85.1 Å². The quantitative estimate of drug-likeness (QED) is 0.0262. The van der Waals surface area contributed by atoms with Gasteiger partial charge in [-0.05, 0) is 70.6 Å². The van der Waals surface area contributed by atoms with Crippen molar-refractivity contribution < 1.29 is 39.8 Å². The minimum atomic E-state index is -1.56. The lowest BCUT2D eigenvalue weighted by atomic mass is 9.99. The highest BCUT2D eigenvalue weighted by molar-refractivity contribution is 5.76. The van der Waals surface area contributed by atoms with Crippen molar-refractivity contribution in [1.82, 2.24) is 5.32 Å². The van der Waals surface area contributed by atoms with Crippen molar-refractivity contribution in [2.75, 3.05) is 13.2 Å². The second-order valence-corrected chi connectivity index (χ2v) is 17.9. The molecule has 374 valence electrons. The first-order chi connectivity index (χ1) is 31.8. The summed E-state index contributed by atoms with van der Waals surface area (Å²) >= 11 is 0. The predicted molar refractivity (Wildman–Crippen MR) is 271 cm³/mol. The molecule has 0 bridgehead atoms. The standard InChI is InChI=1S/C56H97NO8/c1-3-5-7-9-11-13-14-15-16-17-18-19-20-21-22-23-24-25-26-27-28-29-30-31-32-33-34-35-36-38-40-42-44-46-52(60)57-49(50(59)45-43-41-39-37-12-10-8-6-4-2)48-64-56-55(63)54(62)53(61)51(47-58)65-56/h5,7,11,13,15-16,18-19,21-22,24-25,27-28,49-51,53-56,58-59,61-63H,3-4,6,8-10,12,14,17,20,23,26,29-48H2,1-2H3,(H,57,60)/b7-5-,13-11-,16-15-,19-18-,22-21-,25-24-,28-27-. The van der Waals surface area contributed by atoms with Crippen molar-refractivity contribution in [2.45, 2.75) is 249 Å². The van der Waals surface area contributed by atoms with Crippen LogP contribution in [0.2, 0.25) is 0 Å². The third kappa shape index (κ3) is 35.2. The maximum atomic E-state index is 13.0. The van der Waals surface area contributed by atoms with Crippen LogP contribution < -0.4 is 5.32 Å². The number of carbonyl (C=O) groups excluding carboxylic acids is 1. The Hall–Kier alpha value is -2.63. The molecule has 1 rings (SSSR count). The molecule has 0 radical (unpaired) electrons. The van der Waals surface area contributed by atoms with Crippen LogP contribution in [0.5, 0.6) is 0 Å². The maximum Gasteiger partial charge on any atom is 0.220 e. The van der Waals surface area contributed by atoms with Gasteiger partial charge < -0.3 is 40.3 Å². The van der Waals surface area contributed by atoms with Crippen molar-refractivity contribution in [3.05, 3.63) is 85.1 Å². The van der Waals surface area contributed by atoms with Gasteiger partial charge in [-0.2, -0.15) is 0 Å². The normalized spacial score (nSPS) is 20.6. The Bertz CT molecular complexity index is 1290. The Balaban J connectivity index is 2.13. The second kappa shape index (κ2) is 45.2. The molecule has 0 aromatic rings. The van der Waals surface area contributed by atoms with Gasteiger partial charge in [-0.25, -0.2) is 0 Å². The molecule has 1 heterocycles. The number of amides is 1. The van der Waals surface area contributed by atoms with Crippen LogP contribution >= 0.6 is 0 Å². The summed E-state index contributed by atoms with van der Waals surface area (Å²) in [5.41, 5.74) is 0. The summed E-state index contributed by atoms with van der Waals surface area (Å²) in [6.07, 6.45) is 56.2. The van der Waals surface area contributed by atoms with Gasteiger partial charge >= 0.3 is 0 Å². The van der Waals surface area contributed by atoms with Crippen molar-refractivity contribution in [2.24, 2.45) is 0 Å². The zero-order valence-corrected chi connectivity index (χ0v) is 41.2. The summed E-state index contributed by atoms with van der Waals surface area (Å²) < 4.78 is 11.2. The highest BCUT2D eigenvalue weighted by atomic mass is 16.7. The van der Waals surface area contributed by atoms with E-state index in [1.807, 2.05) is 0 Å². The summed E-state index contributed by atoms with van der Waals surface area (Å²) in [4.78, 5) is 13.0. The fourth-order valence-electron chi connectivity index (χ4n) is 7.85. The number of aliphatic hydroxyl groups is 5. The number of nitrogens with one attached hydrogen (secondary N) is 1. The van der Waals surface area contributed by atoms with E-state index in [1.165, 1.54) is 89.9 Å². The number of aliphatic hydroxyl groups excluding tert-OH is 5. The van der Waals surface area contributed by atoms with Crippen LogP contribution in [0.1, 0.15) is 206 Å². The average molecular weight is 912 g/mol. The molecule has 1 aliphatic heterocycles. The topological polar surface area (TPSA) is 149 Å². The average Bonchev–Trinajstić information content (AvgIpc) is 3.31. The molecule has 1 saturated heterocycles. The van der Waals surface area contributed by atoms with Crippen LogP contribution in [0.3, 0.4) is 0 Å². The van der Waals surface area contributed by atoms with E-state index in [0.717, 1.165) is 89.9 Å². The van der Waals surface area contributed by atoms with E-state index in [1.54, 1.807) is 0 Å². The Morgan fingerprint density at radius 2 is 0.954 bits per heavy atom.